The molecular weight excluding hydrogens is 327 g/mol. The smallest absolute Gasteiger partial charge is 0.265 e. The minimum Gasteiger partial charge on any atom is -0.393 e. The third-order valence-electron chi connectivity index (χ3n) is 4.56. The number of benzene rings is 1. The number of nitrogens with zero attached hydrogens (tertiary/aromatic N) is 2. The summed E-state index contributed by atoms with van der Waals surface area (Å²) in [5, 5.41) is 10.7. The van der Waals surface area contributed by atoms with Crippen molar-refractivity contribution in [3.8, 4) is 10.6 Å². The Balaban J connectivity index is 1.76. The first-order valence-corrected chi connectivity index (χ1v) is 8.94. The Bertz CT molecular complexity index is 729. The zero-order valence-corrected chi connectivity index (χ0v) is 14.6. The fraction of sp³-hybridized carbons (Fsp3) is 0.444. The normalized spacial score (nSPS) is 20.3. The van der Waals surface area contributed by atoms with Gasteiger partial charge in [-0.25, -0.2) is 9.37 Å². The highest BCUT2D eigenvalue weighted by atomic mass is 32.1. The second kappa shape index (κ2) is 6.99. The van der Waals surface area contributed by atoms with Crippen molar-refractivity contribution in [2.24, 2.45) is 5.92 Å². The van der Waals surface area contributed by atoms with Gasteiger partial charge < -0.3 is 10.0 Å². The van der Waals surface area contributed by atoms with Crippen LogP contribution in [0.3, 0.4) is 0 Å². The number of hydrogen-bond donors (Lipinski definition) is 1. The molecule has 0 aliphatic heterocycles. The van der Waals surface area contributed by atoms with Gasteiger partial charge in [0, 0.05) is 25.1 Å². The quantitative estimate of drug-likeness (QED) is 0.920. The fourth-order valence-electron chi connectivity index (χ4n) is 3.15. The topological polar surface area (TPSA) is 53.4 Å². The van der Waals surface area contributed by atoms with Crippen molar-refractivity contribution < 1.29 is 14.3 Å². The van der Waals surface area contributed by atoms with E-state index in [1.165, 1.54) is 23.5 Å². The van der Waals surface area contributed by atoms with E-state index in [4.69, 9.17) is 0 Å². The summed E-state index contributed by atoms with van der Waals surface area (Å²) in [5.41, 5.74) is 1.49. The molecule has 3 rings (SSSR count). The van der Waals surface area contributed by atoms with Crippen LogP contribution in [-0.2, 0) is 0 Å². The zero-order valence-electron chi connectivity index (χ0n) is 13.8. The molecule has 1 amide bonds. The van der Waals surface area contributed by atoms with Crippen molar-refractivity contribution in [2.45, 2.75) is 32.3 Å². The van der Waals surface area contributed by atoms with E-state index in [0.717, 1.165) is 24.8 Å². The van der Waals surface area contributed by atoms with Crippen molar-refractivity contribution in [2.75, 3.05) is 13.6 Å². The number of hydrogen-bond acceptors (Lipinski definition) is 4. The Labute approximate surface area is 145 Å². The zero-order chi connectivity index (χ0) is 17.3. The van der Waals surface area contributed by atoms with E-state index in [2.05, 4.69) is 4.98 Å². The largest absolute Gasteiger partial charge is 0.393 e. The molecule has 1 aromatic heterocycles. The molecule has 1 aliphatic rings. The van der Waals surface area contributed by atoms with Gasteiger partial charge >= 0.3 is 0 Å². The minimum atomic E-state index is -0.308. The van der Waals surface area contributed by atoms with Crippen LogP contribution in [0.15, 0.2) is 24.3 Å². The molecule has 128 valence electrons. The SMILES string of the molecule is Cc1nc(-c2ccc(F)cc2)sc1C(=O)N(C)CC1CCCC1O. The number of aromatic nitrogens is 1. The lowest BCUT2D eigenvalue weighted by Gasteiger charge is -2.22. The Morgan fingerprint density at radius 2 is 2.08 bits per heavy atom. The van der Waals surface area contributed by atoms with Crippen LogP contribution >= 0.6 is 11.3 Å². The first-order chi connectivity index (χ1) is 11.5. The lowest BCUT2D eigenvalue weighted by atomic mass is 10.1. The molecule has 2 atom stereocenters. The average Bonchev–Trinajstić information content (AvgIpc) is 3.13. The fourth-order valence-corrected chi connectivity index (χ4v) is 4.22. The lowest BCUT2D eigenvalue weighted by Crippen LogP contribution is -2.34. The molecule has 0 bridgehead atoms. The maximum absolute atomic E-state index is 13.0. The molecule has 1 N–H and O–H groups in total. The third kappa shape index (κ3) is 3.49. The van der Waals surface area contributed by atoms with E-state index in [0.29, 0.717) is 22.1 Å². The number of aliphatic hydroxyl groups excluding tert-OH is 1. The highest BCUT2D eigenvalue weighted by molar-refractivity contribution is 7.17. The molecule has 1 heterocycles. The molecule has 1 saturated carbocycles. The Morgan fingerprint density at radius 3 is 2.71 bits per heavy atom. The van der Waals surface area contributed by atoms with Crippen LogP contribution in [0.2, 0.25) is 0 Å². The van der Waals surface area contributed by atoms with E-state index >= 15 is 0 Å². The first kappa shape index (κ1) is 17.0. The van der Waals surface area contributed by atoms with Crippen LogP contribution in [0.1, 0.15) is 34.6 Å². The van der Waals surface area contributed by atoms with E-state index in [9.17, 15) is 14.3 Å². The van der Waals surface area contributed by atoms with Gasteiger partial charge in [-0.05, 0) is 44.0 Å². The number of rotatable bonds is 4. The second-order valence-electron chi connectivity index (χ2n) is 6.38. The molecule has 0 saturated heterocycles. The maximum Gasteiger partial charge on any atom is 0.265 e. The summed E-state index contributed by atoms with van der Waals surface area (Å²) in [6, 6.07) is 6.11. The molecule has 2 unspecified atom stereocenters. The Morgan fingerprint density at radius 1 is 1.38 bits per heavy atom. The van der Waals surface area contributed by atoms with Gasteiger partial charge in [-0.2, -0.15) is 0 Å². The Kier molecular flexibility index (Phi) is 4.96. The summed E-state index contributed by atoms with van der Waals surface area (Å²) < 4.78 is 13.0. The number of thiazole rings is 1. The molecule has 1 aromatic carbocycles. The molecule has 2 aromatic rings. The van der Waals surface area contributed by atoms with Crippen LogP contribution in [0.4, 0.5) is 4.39 Å². The second-order valence-corrected chi connectivity index (χ2v) is 7.38. The number of aryl methyl sites for hydroxylation is 1. The van der Waals surface area contributed by atoms with Gasteiger partial charge in [-0.15, -0.1) is 11.3 Å². The maximum atomic E-state index is 13.0. The number of aliphatic hydroxyl groups is 1. The summed E-state index contributed by atoms with van der Waals surface area (Å²) in [5.74, 6) is -0.209. The van der Waals surface area contributed by atoms with E-state index in [1.807, 2.05) is 6.92 Å². The summed E-state index contributed by atoms with van der Waals surface area (Å²) in [6.45, 7) is 2.37. The van der Waals surface area contributed by atoms with Gasteiger partial charge in [0.05, 0.1) is 11.8 Å². The van der Waals surface area contributed by atoms with Crippen molar-refractivity contribution in [3.63, 3.8) is 0 Å². The van der Waals surface area contributed by atoms with Gasteiger partial charge in [-0.1, -0.05) is 6.42 Å². The molecule has 4 nitrogen and oxygen atoms in total. The molecule has 6 heteroatoms. The van der Waals surface area contributed by atoms with Crippen LogP contribution in [0, 0.1) is 18.7 Å². The van der Waals surface area contributed by atoms with Gasteiger partial charge in [0.15, 0.2) is 0 Å². The highest BCUT2D eigenvalue weighted by Gasteiger charge is 2.29. The van der Waals surface area contributed by atoms with Crippen molar-refractivity contribution in [1.82, 2.24) is 9.88 Å². The molecule has 1 fully saturated rings. The average molecular weight is 348 g/mol. The summed E-state index contributed by atoms with van der Waals surface area (Å²) >= 11 is 1.33. The number of halogens is 1. The molecule has 0 spiro atoms. The van der Waals surface area contributed by atoms with E-state index in [-0.39, 0.29) is 23.7 Å². The predicted molar refractivity (Wildman–Crippen MR) is 92.6 cm³/mol. The van der Waals surface area contributed by atoms with Crippen molar-refractivity contribution >= 4 is 17.2 Å². The summed E-state index contributed by atoms with van der Waals surface area (Å²) in [4.78, 5) is 19.4. The number of carbonyl (C=O) groups is 1. The van der Waals surface area contributed by atoms with Gasteiger partial charge in [0.2, 0.25) is 0 Å². The predicted octanol–water partition coefficient (Wildman–Crippen LogP) is 3.49. The lowest BCUT2D eigenvalue weighted by molar-refractivity contribution is 0.0697. The number of amides is 1. The molecular formula is C18H21FN2O2S. The third-order valence-corrected chi connectivity index (χ3v) is 5.75. The van der Waals surface area contributed by atoms with Crippen LogP contribution in [0.5, 0.6) is 0 Å². The van der Waals surface area contributed by atoms with Gasteiger partial charge in [0.25, 0.3) is 5.91 Å². The monoisotopic (exact) mass is 348 g/mol. The standard InChI is InChI=1S/C18H21FN2O2S/c1-11-16(18(23)21(2)10-13-4-3-5-15(13)22)24-17(20-11)12-6-8-14(19)9-7-12/h6-9,13,15,22H,3-5,10H2,1-2H3. The molecule has 24 heavy (non-hydrogen) atoms. The Hall–Kier alpha value is -1.79. The van der Waals surface area contributed by atoms with E-state index in [1.54, 1.807) is 24.1 Å². The van der Waals surface area contributed by atoms with Crippen LogP contribution < -0.4 is 0 Å². The minimum absolute atomic E-state index is 0.0718. The summed E-state index contributed by atoms with van der Waals surface area (Å²) in [7, 11) is 1.77. The van der Waals surface area contributed by atoms with E-state index < -0.39 is 0 Å². The van der Waals surface area contributed by atoms with Gasteiger partial charge in [0.1, 0.15) is 15.7 Å². The van der Waals surface area contributed by atoms with Crippen LogP contribution in [0.25, 0.3) is 10.6 Å². The van der Waals surface area contributed by atoms with Crippen molar-refractivity contribution in [3.05, 3.63) is 40.7 Å². The molecule has 1 aliphatic carbocycles. The molecule has 0 radical (unpaired) electrons. The van der Waals surface area contributed by atoms with Gasteiger partial charge in [-0.3, -0.25) is 4.79 Å². The van der Waals surface area contributed by atoms with Crippen LogP contribution in [-0.4, -0.2) is 40.6 Å². The first-order valence-electron chi connectivity index (χ1n) is 8.12. The summed E-state index contributed by atoms with van der Waals surface area (Å²) in [6.07, 6.45) is 2.49. The number of carbonyl (C=O) groups excluding carboxylic acids is 1. The van der Waals surface area contributed by atoms with Crippen molar-refractivity contribution in [1.29, 1.82) is 0 Å². The highest BCUT2D eigenvalue weighted by Crippen LogP contribution is 2.30.